The zero-order valence-corrected chi connectivity index (χ0v) is 13.1. The molecule has 0 spiro atoms. The molecule has 7 heteroatoms. The molecule has 1 heterocycles. The van der Waals surface area contributed by atoms with E-state index < -0.39 is 42.5 Å². The van der Waals surface area contributed by atoms with E-state index in [9.17, 15) is 14.4 Å². The summed E-state index contributed by atoms with van der Waals surface area (Å²) in [5.41, 5.74) is 0.359. The van der Waals surface area contributed by atoms with Crippen LogP contribution in [0, 0.1) is 0 Å². The third-order valence-electron chi connectivity index (χ3n) is 3.24. The van der Waals surface area contributed by atoms with Gasteiger partial charge in [0.15, 0.2) is 6.10 Å². The van der Waals surface area contributed by atoms with Crippen molar-refractivity contribution in [1.29, 1.82) is 0 Å². The molecule has 1 aliphatic heterocycles. The van der Waals surface area contributed by atoms with Crippen molar-refractivity contribution in [3.63, 3.8) is 0 Å². The minimum Gasteiger partial charge on any atom is -0.452 e. The van der Waals surface area contributed by atoms with Crippen molar-refractivity contribution in [3.8, 4) is 0 Å². The highest BCUT2D eigenvalue weighted by atomic mass is 16.7. The molecule has 0 saturated carbocycles. The first-order chi connectivity index (χ1) is 10.9. The Morgan fingerprint density at radius 1 is 0.913 bits per heavy atom. The molecule has 0 aliphatic carbocycles. The Kier molecular flexibility index (Phi) is 5.33. The van der Waals surface area contributed by atoms with Crippen molar-refractivity contribution >= 4 is 17.9 Å². The third kappa shape index (κ3) is 4.29. The fraction of sp³-hybridized carbons (Fsp3) is 0.438. The van der Waals surface area contributed by atoms with E-state index in [0.29, 0.717) is 5.56 Å². The van der Waals surface area contributed by atoms with E-state index in [1.165, 1.54) is 13.8 Å². The second-order valence-corrected chi connectivity index (χ2v) is 5.13. The van der Waals surface area contributed by atoms with E-state index in [1.807, 2.05) is 0 Å². The van der Waals surface area contributed by atoms with Crippen LogP contribution in [0.1, 0.15) is 31.1 Å². The molecule has 2 rings (SSSR count). The zero-order valence-electron chi connectivity index (χ0n) is 13.1. The van der Waals surface area contributed by atoms with Gasteiger partial charge in [-0.2, -0.15) is 0 Å². The second-order valence-electron chi connectivity index (χ2n) is 5.13. The Bertz CT molecular complexity index is 583. The summed E-state index contributed by atoms with van der Waals surface area (Å²) in [5, 5.41) is 0. The van der Waals surface area contributed by atoms with Gasteiger partial charge in [-0.3, -0.25) is 9.59 Å². The Morgan fingerprint density at radius 2 is 1.52 bits per heavy atom. The van der Waals surface area contributed by atoms with Crippen molar-refractivity contribution in [1.82, 2.24) is 0 Å². The first kappa shape index (κ1) is 17.0. The standard InChI is InChI=1S/C16H18O7/c1-9-13(23-15(19)12-7-5-4-6-8-12)14(21-10(2)17)16(20-9)22-11(3)18/h4-9,13-14,16H,1-3H3/t9-,13-,14-,16-/m0/s1. The highest BCUT2D eigenvalue weighted by molar-refractivity contribution is 5.89. The molecule has 1 saturated heterocycles. The predicted octanol–water partition coefficient (Wildman–Crippen LogP) is 1.45. The Balaban J connectivity index is 2.15. The van der Waals surface area contributed by atoms with Crippen LogP contribution in [0.4, 0.5) is 0 Å². The molecular formula is C16H18O7. The molecule has 124 valence electrons. The van der Waals surface area contributed by atoms with Gasteiger partial charge in [0.05, 0.1) is 5.56 Å². The normalized spacial score (nSPS) is 26.4. The van der Waals surface area contributed by atoms with Gasteiger partial charge >= 0.3 is 17.9 Å². The van der Waals surface area contributed by atoms with Crippen LogP contribution in [0.5, 0.6) is 0 Å². The summed E-state index contributed by atoms with van der Waals surface area (Å²) in [6.45, 7) is 4.06. The summed E-state index contributed by atoms with van der Waals surface area (Å²) in [5.74, 6) is -1.76. The summed E-state index contributed by atoms with van der Waals surface area (Å²) in [6, 6.07) is 8.39. The highest BCUT2D eigenvalue weighted by Gasteiger charge is 2.49. The molecule has 1 aromatic rings. The van der Waals surface area contributed by atoms with Crippen LogP contribution in [0.25, 0.3) is 0 Å². The maximum Gasteiger partial charge on any atom is 0.338 e. The maximum atomic E-state index is 12.2. The number of benzene rings is 1. The van der Waals surface area contributed by atoms with Crippen LogP contribution in [0.15, 0.2) is 30.3 Å². The van der Waals surface area contributed by atoms with Gasteiger partial charge in [0.25, 0.3) is 0 Å². The van der Waals surface area contributed by atoms with Crippen LogP contribution >= 0.6 is 0 Å². The summed E-state index contributed by atoms with van der Waals surface area (Å²) in [6.07, 6.45) is -3.61. The lowest BCUT2D eigenvalue weighted by atomic mass is 10.1. The average Bonchev–Trinajstić information content (AvgIpc) is 2.75. The lowest BCUT2D eigenvalue weighted by molar-refractivity contribution is -0.194. The SMILES string of the molecule is CC(=O)O[C@@H]1O[C@@H](C)[C@H](OC(=O)c2ccccc2)[C@@H]1OC(C)=O. The Morgan fingerprint density at radius 3 is 2.09 bits per heavy atom. The minimum atomic E-state index is -1.11. The van der Waals surface area contributed by atoms with Gasteiger partial charge in [0.1, 0.15) is 6.10 Å². The van der Waals surface area contributed by atoms with Crippen LogP contribution < -0.4 is 0 Å². The predicted molar refractivity (Wildman–Crippen MR) is 77.3 cm³/mol. The van der Waals surface area contributed by atoms with E-state index in [4.69, 9.17) is 18.9 Å². The molecule has 1 aliphatic rings. The second kappa shape index (κ2) is 7.23. The summed E-state index contributed by atoms with van der Waals surface area (Å²) >= 11 is 0. The van der Waals surface area contributed by atoms with E-state index in [0.717, 1.165) is 0 Å². The minimum absolute atomic E-state index is 0.359. The van der Waals surface area contributed by atoms with E-state index in [2.05, 4.69) is 0 Å². The molecule has 0 bridgehead atoms. The van der Waals surface area contributed by atoms with Crippen molar-refractivity contribution in [3.05, 3.63) is 35.9 Å². The highest BCUT2D eigenvalue weighted by Crippen LogP contribution is 2.28. The molecular weight excluding hydrogens is 304 g/mol. The fourth-order valence-corrected chi connectivity index (χ4v) is 2.29. The van der Waals surface area contributed by atoms with Crippen molar-refractivity contribution in [2.75, 3.05) is 0 Å². The number of ether oxygens (including phenoxy) is 4. The van der Waals surface area contributed by atoms with Gasteiger partial charge in [0, 0.05) is 13.8 Å². The van der Waals surface area contributed by atoms with Crippen molar-refractivity contribution in [2.24, 2.45) is 0 Å². The number of rotatable bonds is 4. The maximum absolute atomic E-state index is 12.2. The smallest absolute Gasteiger partial charge is 0.338 e. The largest absolute Gasteiger partial charge is 0.452 e. The first-order valence-corrected chi connectivity index (χ1v) is 7.14. The Labute approximate surface area is 133 Å². The van der Waals surface area contributed by atoms with Crippen molar-refractivity contribution in [2.45, 2.75) is 45.4 Å². The topological polar surface area (TPSA) is 88.1 Å². The lowest BCUT2D eigenvalue weighted by Gasteiger charge is -2.22. The van der Waals surface area contributed by atoms with Crippen LogP contribution in [-0.4, -0.2) is 42.5 Å². The van der Waals surface area contributed by atoms with Gasteiger partial charge in [-0.05, 0) is 19.1 Å². The molecule has 1 fully saturated rings. The summed E-state index contributed by atoms with van der Waals surface area (Å²) in [4.78, 5) is 34.6. The van der Waals surface area contributed by atoms with Crippen molar-refractivity contribution < 1.29 is 33.3 Å². The van der Waals surface area contributed by atoms with Gasteiger partial charge in [-0.15, -0.1) is 0 Å². The van der Waals surface area contributed by atoms with Crippen LogP contribution in [-0.2, 0) is 28.5 Å². The van der Waals surface area contributed by atoms with Gasteiger partial charge in [-0.25, -0.2) is 4.79 Å². The van der Waals surface area contributed by atoms with Gasteiger partial charge < -0.3 is 18.9 Å². The molecule has 0 N–H and O–H groups in total. The molecule has 0 aromatic heterocycles. The molecule has 0 amide bonds. The molecule has 1 aromatic carbocycles. The van der Waals surface area contributed by atoms with Gasteiger partial charge in [-0.1, -0.05) is 18.2 Å². The molecule has 4 atom stereocenters. The number of hydrogen-bond acceptors (Lipinski definition) is 7. The average molecular weight is 322 g/mol. The third-order valence-corrected chi connectivity index (χ3v) is 3.24. The fourth-order valence-electron chi connectivity index (χ4n) is 2.29. The molecule has 23 heavy (non-hydrogen) atoms. The number of esters is 3. The lowest BCUT2D eigenvalue weighted by Crippen LogP contribution is -2.40. The quantitative estimate of drug-likeness (QED) is 0.612. The van der Waals surface area contributed by atoms with Crippen LogP contribution in [0.2, 0.25) is 0 Å². The molecule has 0 radical (unpaired) electrons. The Hall–Kier alpha value is -2.41. The van der Waals surface area contributed by atoms with E-state index in [-0.39, 0.29) is 0 Å². The zero-order chi connectivity index (χ0) is 17.0. The van der Waals surface area contributed by atoms with Gasteiger partial charge in [0.2, 0.25) is 12.4 Å². The first-order valence-electron chi connectivity index (χ1n) is 7.14. The molecule has 7 nitrogen and oxygen atoms in total. The molecule has 0 unspecified atom stereocenters. The number of hydrogen-bond donors (Lipinski definition) is 0. The summed E-state index contributed by atoms with van der Waals surface area (Å²) in [7, 11) is 0. The van der Waals surface area contributed by atoms with Crippen LogP contribution in [0.3, 0.4) is 0 Å². The number of carbonyl (C=O) groups is 3. The number of carbonyl (C=O) groups excluding carboxylic acids is 3. The monoisotopic (exact) mass is 322 g/mol. The van der Waals surface area contributed by atoms with E-state index >= 15 is 0 Å². The van der Waals surface area contributed by atoms with E-state index in [1.54, 1.807) is 37.3 Å². The summed E-state index contributed by atoms with van der Waals surface area (Å²) < 4.78 is 20.9.